The Balaban J connectivity index is 1.39. The molecule has 38 heavy (non-hydrogen) atoms. The van der Waals surface area contributed by atoms with E-state index in [-0.39, 0.29) is 17.9 Å². The highest BCUT2D eigenvalue weighted by Gasteiger charge is 2.57. The molecule has 2 amide bonds. The summed E-state index contributed by atoms with van der Waals surface area (Å²) in [5, 5.41) is 5.61. The number of β-lactam (4-membered cyclic amide) rings is 1. The number of hydrogen-bond acceptors (Lipinski definition) is 8. The number of ether oxygens (including phenoxy) is 2. The van der Waals surface area contributed by atoms with Crippen LogP contribution in [0.15, 0.2) is 89.2 Å². The highest BCUT2D eigenvalue weighted by atomic mass is 32.2. The van der Waals surface area contributed by atoms with Crippen LogP contribution in [-0.2, 0) is 35.1 Å². The van der Waals surface area contributed by atoms with E-state index in [0.717, 1.165) is 16.0 Å². The van der Waals surface area contributed by atoms with Gasteiger partial charge < -0.3 is 19.7 Å². The molecule has 1 saturated heterocycles. The summed E-state index contributed by atoms with van der Waals surface area (Å²) in [7, 11) is 1.21. The smallest absolute Gasteiger partial charge is 0.336 e. The fourth-order valence-electron chi connectivity index (χ4n) is 4.47. The second-order valence-corrected chi connectivity index (χ2v) is 10.7. The van der Waals surface area contributed by atoms with Gasteiger partial charge in [0.05, 0.1) is 19.1 Å². The first-order valence-electron chi connectivity index (χ1n) is 11.9. The molecule has 2 aromatic carbocycles. The Morgan fingerprint density at radius 3 is 2.21 bits per heavy atom. The molecule has 8 nitrogen and oxygen atoms in total. The second kappa shape index (κ2) is 11.2. The summed E-state index contributed by atoms with van der Waals surface area (Å²) in [4.78, 5) is 54.3. The molecule has 194 valence electrons. The Hall–Kier alpha value is -3.89. The molecule has 2 aliphatic rings. The number of thioether (sulfide) groups is 1. The van der Waals surface area contributed by atoms with Gasteiger partial charge in [0, 0.05) is 4.88 Å². The van der Waals surface area contributed by atoms with Crippen LogP contribution in [0, 0.1) is 0 Å². The van der Waals surface area contributed by atoms with Crippen molar-refractivity contribution in [3.63, 3.8) is 0 Å². The zero-order valence-electron chi connectivity index (χ0n) is 20.3. The lowest BCUT2D eigenvalue weighted by Gasteiger charge is -2.51. The number of thiophene rings is 1. The molecule has 0 spiro atoms. The van der Waals surface area contributed by atoms with Crippen LogP contribution in [0.5, 0.6) is 0 Å². The van der Waals surface area contributed by atoms with Gasteiger partial charge in [0.15, 0.2) is 12.1 Å². The standard InChI is InChI=1S/C28H24N2O6S2/c1-35-27(33)20-16-38-26-22(29-21(31)15-19-13-8-14-37-19)25(32)30(26)23(20)28(34)36-24(17-9-4-2-5-10-17)18-11-6-3-7-12-18/h2-14,16,22-24,26H,15H2,1H3,(H,29,31)/t22?,23?,26-/m1/s1. The Morgan fingerprint density at radius 2 is 1.63 bits per heavy atom. The SMILES string of the molecule is COC(=O)C1=CS[C@@H]2C(NC(=O)Cc3cccs3)C(=O)N2C1C(=O)OC(c1ccccc1)c1ccccc1. The Labute approximate surface area is 227 Å². The predicted molar refractivity (Wildman–Crippen MR) is 143 cm³/mol. The number of carbonyl (C=O) groups excluding carboxylic acids is 4. The van der Waals surface area contributed by atoms with Gasteiger partial charge in [-0.05, 0) is 28.0 Å². The molecule has 10 heteroatoms. The number of hydrogen-bond donors (Lipinski definition) is 1. The van der Waals surface area contributed by atoms with Crippen molar-refractivity contribution in [2.45, 2.75) is 30.0 Å². The van der Waals surface area contributed by atoms with E-state index < -0.39 is 41.4 Å². The maximum absolute atomic E-state index is 13.7. The van der Waals surface area contributed by atoms with Crippen molar-refractivity contribution in [3.05, 3.63) is 105 Å². The Morgan fingerprint density at radius 1 is 0.974 bits per heavy atom. The molecule has 2 unspecified atom stereocenters. The van der Waals surface area contributed by atoms with Crippen LogP contribution in [0.3, 0.4) is 0 Å². The van der Waals surface area contributed by atoms with Crippen molar-refractivity contribution in [1.82, 2.24) is 10.2 Å². The summed E-state index contributed by atoms with van der Waals surface area (Å²) < 4.78 is 10.9. The number of benzene rings is 2. The zero-order valence-corrected chi connectivity index (χ0v) is 21.9. The lowest BCUT2D eigenvalue weighted by Crippen LogP contribution is -2.74. The molecule has 0 aliphatic carbocycles. The van der Waals surface area contributed by atoms with Crippen LogP contribution in [0.4, 0.5) is 0 Å². The minimum absolute atomic E-state index is 0.00957. The van der Waals surface area contributed by atoms with Gasteiger partial charge in [-0.1, -0.05) is 66.7 Å². The van der Waals surface area contributed by atoms with E-state index in [1.165, 1.54) is 40.5 Å². The van der Waals surface area contributed by atoms with Crippen molar-refractivity contribution in [2.75, 3.05) is 7.11 Å². The molecule has 0 bridgehead atoms. The first-order valence-corrected chi connectivity index (χ1v) is 13.7. The van der Waals surface area contributed by atoms with E-state index in [2.05, 4.69) is 5.32 Å². The van der Waals surface area contributed by atoms with Crippen LogP contribution in [0.1, 0.15) is 22.1 Å². The van der Waals surface area contributed by atoms with Crippen molar-refractivity contribution >= 4 is 46.9 Å². The highest BCUT2D eigenvalue weighted by Crippen LogP contribution is 2.41. The van der Waals surface area contributed by atoms with Crippen molar-refractivity contribution in [1.29, 1.82) is 0 Å². The molecular formula is C28H24N2O6S2. The lowest BCUT2D eigenvalue weighted by atomic mass is 9.97. The lowest BCUT2D eigenvalue weighted by molar-refractivity contribution is -0.166. The first-order chi connectivity index (χ1) is 18.5. The van der Waals surface area contributed by atoms with E-state index in [1.54, 1.807) is 0 Å². The molecule has 1 N–H and O–H groups in total. The molecule has 2 aliphatic heterocycles. The molecule has 0 saturated carbocycles. The zero-order chi connectivity index (χ0) is 26.6. The van der Waals surface area contributed by atoms with Crippen LogP contribution in [-0.4, -0.2) is 53.2 Å². The molecule has 3 aromatic rings. The van der Waals surface area contributed by atoms with Gasteiger partial charge in [0.2, 0.25) is 11.8 Å². The van der Waals surface area contributed by atoms with Crippen LogP contribution >= 0.6 is 23.1 Å². The largest absolute Gasteiger partial charge is 0.466 e. The van der Waals surface area contributed by atoms with E-state index in [1.807, 2.05) is 78.2 Å². The van der Waals surface area contributed by atoms with Crippen molar-refractivity contribution in [3.8, 4) is 0 Å². The first kappa shape index (κ1) is 25.7. The van der Waals surface area contributed by atoms with Crippen LogP contribution < -0.4 is 5.32 Å². The maximum Gasteiger partial charge on any atom is 0.336 e. The predicted octanol–water partition coefficient (Wildman–Crippen LogP) is 3.45. The molecule has 5 rings (SSSR count). The van der Waals surface area contributed by atoms with E-state index in [4.69, 9.17) is 9.47 Å². The van der Waals surface area contributed by atoms with Gasteiger partial charge >= 0.3 is 11.9 Å². The number of amides is 2. The van der Waals surface area contributed by atoms with Gasteiger partial charge in [0.25, 0.3) is 0 Å². The van der Waals surface area contributed by atoms with E-state index in [0.29, 0.717) is 0 Å². The van der Waals surface area contributed by atoms with Crippen molar-refractivity contribution < 1.29 is 28.7 Å². The average molecular weight is 549 g/mol. The normalized spacial score (nSPS) is 20.2. The van der Waals surface area contributed by atoms with Gasteiger partial charge in [-0.15, -0.1) is 23.1 Å². The number of methoxy groups -OCH3 is 1. The monoisotopic (exact) mass is 548 g/mol. The summed E-state index contributed by atoms with van der Waals surface area (Å²) in [5.74, 6) is -2.25. The quantitative estimate of drug-likeness (QED) is 0.340. The fraction of sp³-hybridized carbons (Fsp3) is 0.214. The third kappa shape index (κ3) is 5.09. The number of nitrogens with zero attached hydrogens (tertiary/aromatic N) is 1. The maximum atomic E-state index is 13.7. The van der Waals surface area contributed by atoms with Gasteiger partial charge in [-0.3, -0.25) is 9.59 Å². The number of fused-ring (bicyclic) bond motifs is 1. The number of rotatable bonds is 8. The third-order valence-electron chi connectivity index (χ3n) is 6.30. The molecular weight excluding hydrogens is 524 g/mol. The topological polar surface area (TPSA) is 102 Å². The fourth-order valence-corrected chi connectivity index (χ4v) is 6.39. The van der Waals surface area contributed by atoms with Crippen molar-refractivity contribution in [2.24, 2.45) is 0 Å². The minimum atomic E-state index is -1.30. The average Bonchev–Trinajstić information content (AvgIpc) is 3.47. The van der Waals surface area contributed by atoms with Gasteiger partial charge in [-0.25, -0.2) is 9.59 Å². The summed E-state index contributed by atoms with van der Waals surface area (Å²) >= 11 is 2.64. The minimum Gasteiger partial charge on any atom is -0.466 e. The number of carbonyl (C=O) groups is 4. The number of nitrogens with one attached hydrogen (secondary N) is 1. The Kier molecular flexibility index (Phi) is 7.62. The summed E-state index contributed by atoms with van der Waals surface area (Å²) in [6, 6.07) is 20.0. The highest BCUT2D eigenvalue weighted by molar-refractivity contribution is 8.03. The number of esters is 2. The summed E-state index contributed by atoms with van der Waals surface area (Å²) in [6.07, 6.45) is -0.599. The van der Waals surface area contributed by atoms with Crippen LogP contribution in [0.2, 0.25) is 0 Å². The molecule has 1 aromatic heterocycles. The second-order valence-electron chi connectivity index (χ2n) is 8.68. The molecule has 3 heterocycles. The van der Waals surface area contributed by atoms with Gasteiger partial charge in [0.1, 0.15) is 11.4 Å². The summed E-state index contributed by atoms with van der Waals surface area (Å²) in [5.41, 5.74) is 1.49. The molecule has 0 radical (unpaired) electrons. The van der Waals surface area contributed by atoms with E-state index in [9.17, 15) is 19.2 Å². The third-order valence-corrected chi connectivity index (χ3v) is 8.35. The summed E-state index contributed by atoms with van der Waals surface area (Å²) in [6.45, 7) is 0. The van der Waals surface area contributed by atoms with Crippen LogP contribution in [0.25, 0.3) is 0 Å². The Bertz CT molecular complexity index is 1320. The molecule has 3 atom stereocenters. The molecule has 1 fully saturated rings. The van der Waals surface area contributed by atoms with Gasteiger partial charge in [-0.2, -0.15) is 0 Å². The van der Waals surface area contributed by atoms with E-state index >= 15 is 0 Å².